The van der Waals surface area contributed by atoms with Crippen LogP contribution in [0.15, 0.2) is 34.7 Å². The monoisotopic (exact) mass is 345 g/mol. The van der Waals surface area contributed by atoms with Gasteiger partial charge in [-0.1, -0.05) is 39.0 Å². The fraction of sp³-hybridized carbons (Fsp3) is 0.474. The van der Waals surface area contributed by atoms with Gasteiger partial charge in [-0.05, 0) is 43.2 Å². The number of hydrazone groups is 1. The van der Waals surface area contributed by atoms with E-state index in [0.29, 0.717) is 0 Å². The molecule has 0 amide bonds. The molecule has 2 aromatic rings. The number of anilines is 1. The molecule has 24 heavy (non-hydrogen) atoms. The lowest BCUT2D eigenvalue weighted by atomic mass is 10.1. The van der Waals surface area contributed by atoms with Crippen molar-refractivity contribution in [2.24, 2.45) is 5.10 Å². The van der Waals surface area contributed by atoms with Crippen molar-refractivity contribution < 1.29 is 4.74 Å². The van der Waals surface area contributed by atoms with Crippen LogP contribution in [0.5, 0.6) is 5.75 Å². The van der Waals surface area contributed by atoms with Crippen molar-refractivity contribution in [2.75, 3.05) is 12.0 Å². The molecule has 1 aromatic carbocycles. The number of aromatic nitrogens is 1. The number of unbranched alkanes of at least 4 members (excludes halogenated alkanes) is 5. The predicted molar refractivity (Wildman–Crippen MR) is 103 cm³/mol. The molecule has 1 heterocycles. The van der Waals surface area contributed by atoms with Gasteiger partial charge in [-0.2, -0.15) is 5.10 Å². The minimum Gasteiger partial charge on any atom is -0.494 e. The minimum atomic E-state index is 0.796. The maximum atomic E-state index is 5.78. The Morgan fingerprint density at radius 3 is 2.58 bits per heavy atom. The van der Waals surface area contributed by atoms with Gasteiger partial charge in [0.05, 0.1) is 18.5 Å². The van der Waals surface area contributed by atoms with Gasteiger partial charge in [0.15, 0.2) is 0 Å². The quantitative estimate of drug-likeness (QED) is 0.326. The second kappa shape index (κ2) is 10.8. The van der Waals surface area contributed by atoms with Gasteiger partial charge in [0.2, 0.25) is 5.13 Å². The average molecular weight is 346 g/mol. The molecule has 0 aliphatic carbocycles. The molecule has 2 rings (SSSR count). The summed E-state index contributed by atoms with van der Waals surface area (Å²) < 4.78 is 5.78. The van der Waals surface area contributed by atoms with Gasteiger partial charge in [-0.3, -0.25) is 5.43 Å². The highest BCUT2D eigenvalue weighted by Gasteiger charge is 1.96. The van der Waals surface area contributed by atoms with Gasteiger partial charge in [-0.15, -0.1) is 11.3 Å². The second-order valence-electron chi connectivity index (χ2n) is 5.85. The Morgan fingerprint density at radius 2 is 1.88 bits per heavy atom. The molecule has 4 nitrogen and oxygen atoms in total. The number of thiazole rings is 1. The molecule has 0 aliphatic rings. The van der Waals surface area contributed by atoms with Crippen LogP contribution in [0.25, 0.3) is 0 Å². The molecule has 5 heteroatoms. The van der Waals surface area contributed by atoms with Crippen molar-refractivity contribution >= 4 is 22.7 Å². The third-order valence-electron chi connectivity index (χ3n) is 3.64. The summed E-state index contributed by atoms with van der Waals surface area (Å²) in [4.78, 5) is 4.29. The summed E-state index contributed by atoms with van der Waals surface area (Å²) in [5.74, 6) is 0.921. The van der Waals surface area contributed by atoms with Crippen molar-refractivity contribution in [1.29, 1.82) is 0 Å². The van der Waals surface area contributed by atoms with Crippen molar-refractivity contribution in [1.82, 2.24) is 4.98 Å². The fourth-order valence-electron chi connectivity index (χ4n) is 2.29. The average Bonchev–Trinajstić information content (AvgIpc) is 3.01. The number of ether oxygens (including phenoxy) is 1. The standard InChI is InChI=1S/C19H27N3OS/c1-3-4-5-6-7-8-13-23-18-11-9-17(10-12-18)14-20-22-19-21-16(2)15-24-19/h9-12,14-15H,3-8,13H2,1-2H3,(H,21,22). The third kappa shape index (κ3) is 7.13. The van der Waals surface area contributed by atoms with E-state index in [4.69, 9.17) is 4.74 Å². The first-order valence-corrected chi connectivity index (χ1v) is 9.60. The van der Waals surface area contributed by atoms with Gasteiger partial charge in [-0.25, -0.2) is 4.98 Å². The minimum absolute atomic E-state index is 0.796. The number of hydrogen-bond acceptors (Lipinski definition) is 5. The molecular weight excluding hydrogens is 318 g/mol. The van der Waals surface area contributed by atoms with E-state index < -0.39 is 0 Å². The second-order valence-corrected chi connectivity index (χ2v) is 6.71. The van der Waals surface area contributed by atoms with Gasteiger partial charge >= 0.3 is 0 Å². The molecule has 0 fully saturated rings. The molecule has 0 saturated carbocycles. The highest BCUT2D eigenvalue weighted by molar-refractivity contribution is 7.13. The molecule has 0 saturated heterocycles. The molecule has 0 radical (unpaired) electrons. The summed E-state index contributed by atoms with van der Waals surface area (Å²) in [7, 11) is 0. The molecule has 130 valence electrons. The zero-order valence-corrected chi connectivity index (χ0v) is 15.4. The summed E-state index contributed by atoms with van der Waals surface area (Å²) in [5.41, 5.74) is 4.97. The topological polar surface area (TPSA) is 46.5 Å². The first kappa shape index (κ1) is 18.5. The van der Waals surface area contributed by atoms with E-state index >= 15 is 0 Å². The van der Waals surface area contributed by atoms with Crippen molar-refractivity contribution in [3.63, 3.8) is 0 Å². The smallest absolute Gasteiger partial charge is 0.203 e. The van der Waals surface area contributed by atoms with Crippen molar-refractivity contribution in [3.05, 3.63) is 40.9 Å². The number of rotatable bonds is 11. The number of aryl methyl sites for hydroxylation is 1. The molecule has 1 aromatic heterocycles. The number of hydrogen-bond donors (Lipinski definition) is 1. The zero-order valence-electron chi connectivity index (χ0n) is 14.6. The van der Waals surface area contributed by atoms with Crippen LogP contribution in [0.3, 0.4) is 0 Å². The summed E-state index contributed by atoms with van der Waals surface area (Å²) in [6, 6.07) is 8.00. The van der Waals surface area contributed by atoms with Crippen LogP contribution in [0, 0.1) is 6.92 Å². The molecule has 0 atom stereocenters. The summed E-state index contributed by atoms with van der Waals surface area (Å²) in [6.45, 7) is 5.01. The summed E-state index contributed by atoms with van der Waals surface area (Å²) >= 11 is 1.55. The predicted octanol–water partition coefficient (Wildman–Crippen LogP) is 5.64. The number of nitrogens with one attached hydrogen (secondary N) is 1. The van der Waals surface area contributed by atoms with Crippen LogP contribution in [0.1, 0.15) is 56.7 Å². The molecule has 0 aliphatic heterocycles. The highest BCUT2D eigenvalue weighted by Crippen LogP contribution is 2.15. The van der Waals surface area contributed by atoms with E-state index in [2.05, 4.69) is 22.4 Å². The largest absolute Gasteiger partial charge is 0.494 e. The van der Waals surface area contributed by atoms with E-state index in [1.165, 1.54) is 32.1 Å². The van der Waals surface area contributed by atoms with E-state index in [9.17, 15) is 0 Å². The van der Waals surface area contributed by atoms with Crippen molar-refractivity contribution in [3.8, 4) is 5.75 Å². The zero-order chi connectivity index (χ0) is 17.0. The summed E-state index contributed by atoms with van der Waals surface area (Å²) in [6.07, 6.45) is 9.48. The van der Waals surface area contributed by atoms with Gasteiger partial charge in [0.1, 0.15) is 5.75 Å². The fourth-order valence-corrected chi connectivity index (χ4v) is 2.93. The van der Waals surface area contributed by atoms with Crippen LogP contribution >= 0.6 is 11.3 Å². The van der Waals surface area contributed by atoms with Gasteiger partial charge in [0, 0.05) is 5.38 Å². The maximum Gasteiger partial charge on any atom is 0.203 e. The Kier molecular flexibility index (Phi) is 8.32. The van der Waals surface area contributed by atoms with Crippen LogP contribution in [0.2, 0.25) is 0 Å². The van der Waals surface area contributed by atoms with Gasteiger partial charge < -0.3 is 4.74 Å². The Labute approximate surface area is 149 Å². The van der Waals surface area contributed by atoms with E-state index in [-0.39, 0.29) is 0 Å². The van der Waals surface area contributed by atoms with E-state index in [1.807, 2.05) is 36.6 Å². The van der Waals surface area contributed by atoms with Crippen LogP contribution in [0.4, 0.5) is 5.13 Å². The Bertz CT molecular complexity index is 607. The van der Waals surface area contributed by atoms with Crippen LogP contribution < -0.4 is 10.2 Å². The molecule has 0 spiro atoms. The lowest BCUT2D eigenvalue weighted by Gasteiger charge is -2.06. The Morgan fingerprint density at radius 1 is 1.12 bits per heavy atom. The maximum absolute atomic E-state index is 5.78. The summed E-state index contributed by atoms with van der Waals surface area (Å²) in [5, 5.41) is 7.00. The molecular formula is C19H27N3OS. The van der Waals surface area contributed by atoms with Crippen LogP contribution in [-0.4, -0.2) is 17.8 Å². The highest BCUT2D eigenvalue weighted by atomic mass is 32.1. The van der Waals surface area contributed by atoms with Gasteiger partial charge in [0.25, 0.3) is 0 Å². The lowest BCUT2D eigenvalue weighted by Crippen LogP contribution is -1.97. The Balaban J connectivity index is 1.65. The molecule has 1 N–H and O–H groups in total. The third-order valence-corrected chi connectivity index (χ3v) is 4.50. The van der Waals surface area contributed by atoms with Crippen LogP contribution in [-0.2, 0) is 0 Å². The molecule has 0 unspecified atom stereocenters. The number of benzene rings is 1. The SMILES string of the molecule is CCCCCCCCOc1ccc(C=NNc2nc(C)cs2)cc1. The normalized spacial score (nSPS) is 11.1. The van der Waals surface area contributed by atoms with E-state index in [0.717, 1.165) is 35.2 Å². The lowest BCUT2D eigenvalue weighted by molar-refractivity contribution is 0.304. The Hall–Kier alpha value is -1.88. The molecule has 0 bridgehead atoms. The van der Waals surface area contributed by atoms with Crippen molar-refractivity contribution in [2.45, 2.75) is 52.4 Å². The van der Waals surface area contributed by atoms with E-state index in [1.54, 1.807) is 17.6 Å². The first-order valence-electron chi connectivity index (χ1n) is 8.72. The first-order chi connectivity index (χ1) is 11.8. The number of nitrogens with zero attached hydrogens (tertiary/aromatic N) is 2.